The van der Waals surface area contributed by atoms with Gasteiger partial charge in [-0.3, -0.25) is 0 Å². The van der Waals surface area contributed by atoms with E-state index in [1.165, 1.54) is 0 Å². The fraction of sp³-hybridized carbons (Fsp3) is 0.615. The molecule has 1 aliphatic carbocycles. The van der Waals surface area contributed by atoms with E-state index in [1.54, 1.807) is 12.2 Å². The highest BCUT2D eigenvalue weighted by molar-refractivity contribution is 5.50. The number of fused-ring (bicyclic) bond motifs is 1. The van der Waals surface area contributed by atoms with Crippen molar-refractivity contribution in [2.75, 3.05) is 13.1 Å². The van der Waals surface area contributed by atoms with Crippen molar-refractivity contribution in [3.05, 3.63) is 23.4 Å². The fourth-order valence-electron chi connectivity index (χ4n) is 2.54. The average Bonchev–Trinajstić information content (AvgIpc) is 2.73. The molecule has 0 saturated carbocycles. The normalized spacial score (nSPS) is 26.8. The van der Waals surface area contributed by atoms with Crippen LogP contribution in [0.3, 0.4) is 0 Å². The van der Waals surface area contributed by atoms with Crippen LogP contribution in [0, 0.1) is 0 Å². The lowest BCUT2D eigenvalue weighted by atomic mass is 9.81. The van der Waals surface area contributed by atoms with E-state index >= 15 is 0 Å². The van der Waals surface area contributed by atoms with Crippen LogP contribution in [-0.4, -0.2) is 24.2 Å². The van der Waals surface area contributed by atoms with E-state index in [0.29, 0.717) is 6.42 Å². The summed E-state index contributed by atoms with van der Waals surface area (Å²) in [6.45, 7) is 4.16. The van der Waals surface area contributed by atoms with Crippen LogP contribution in [0.25, 0.3) is 6.08 Å². The van der Waals surface area contributed by atoms with Crippen LogP contribution in [0.2, 0.25) is 0 Å². The average molecular weight is 236 g/mol. The van der Waals surface area contributed by atoms with Crippen molar-refractivity contribution >= 4 is 6.08 Å². The molecule has 2 aliphatic rings. The van der Waals surface area contributed by atoms with Crippen molar-refractivity contribution in [3.8, 4) is 0 Å². The Hall–Kier alpha value is -1.16. The van der Waals surface area contributed by atoms with Crippen molar-refractivity contribution in [1.82, 2.24) is 10.3 Å². The Balaban J connectivity index is 1.92. The molecule has 0 amide bonds. The summed E-state index contributed by atoms with van der Waals surface area (Å²) >= 11 is 0. The van der Waals surface area contributed by atoms with Crippen molar-refractivity contribution in [1.29, 1.82) is 0 Å². The fourth-order valence-corrected chi connectivity index (χ4v) is 2.54. The quantitative estimate of drug-likeness (QED) is 0.812. The molecule has 4 heteroatoms. The maximum Gasteiger partial charge on any atom is 0.201 e. The van der Waals surface area contributed by atoms with Crippen LogP contribution in [0.15, 0.2) is 10.5 Å². The van der Waals surface area contributed by atoms with Gasteiger partial charge in [0, 0.05) is 11.8 Å². The third kappa shape index (κ3) is 1.90. The van der Waals surface area contributed by atoms with E-state index in [0.717, 1.165) is 43.3 Å². The predicted octanol–water partition coefficient (Wildman–Crippen LogP) is 2.22. The lowest BCUT2D eigenvalue weighted by Gasteiger charge is -2.30. The van der Waals surface area contributed by atoms with Gasteiger partial charge in [0.2, 0.25) is 5.89 Å². The molecule has 1 aliphatic heterocycles. The molecule has 0 aromatic carbocycles. The molecule has 1 saturated heterocycles. The number of aromatic nitrogens is 1. The predicted molar refractivity (Wildman–Crippen MR) is 63.6 cm³/mol. The Kier molecular flexibility index (Phi) is 2.54. The lowest BCUT2D eigenvalue weighted by Crippen LogP contribution is -2.37. The molecule has 0 bridgehead atoms. The van der Waals surface area contributed by atoms with Gasteiger partial charge in [0.05, 0.1) is 5.69 Å². The van der Waals surface area contributed by atoms with E-state index in [1.807, 2.05) is 0 Å². The first-order valence-corrected chi connectivity index (χ1v) is 6.21. The Morgan fingerprint density at radius 3 is 3.00 bits per heavy atom. The van der Waals surface area contributed by atoms with Crippen LogP contribution in [0.5, 0.6) is 0 Å². The van der Waals surface area contributed by atoms with Crippen molar-refractivity contribution in [2.24, 2.45) is 0 Å². The van der Waals surface area contributed by atoms with E-state index in [-0.39, 0.29) is 5.41 Å². The van der Waals surface area contributed by atoms with Crippen LogP contribution < -0.4 is 5.32 Å². The van der Waals surface area contributed by atoms with Gasteiger partial charge in [-0.25, -0.2) is 9.37 Å². The minimum absolute atomic E-state index is 0.00222. The minimum Gasteiger partial charge on any atom is -0.440 e. The number of alkyl halides is 1. The molecule has 92 valence electrons. The molecular formula is C13H17FN2O. The number of rotatable bonds is 1. The van der Waals surface area contributed by atoms with Gasteiger partial charge in [-0.15, -0.1) is 0 Å². The Labute approximate surface area is 100 Å². The summed E-state index contributed by atoms with van der Waals surface area (Å²) in [5, 5.41) is 3.34. The highest BCUT2D eigenvalue weighted by Gasteiger charge is 2.35. The van der Waals surface area contributed by atoms with Crippen LogP contribution in [0.4, 0.5) is 4.39 Å². The van der Waals surface area contributed by atoms with Crippen molar-refractivity contribution < 1.29 is 8.81 Å². The summed E-state index contributed by atoms with van der Waals surface area (Å²) in [6.07, 6.45) is 4.74. The SMILES string of the molecule is CC1(c2nc3c(o2)C=CC(F)C3)CCNCC1. The number of halogens is 1. The van der Waals surface area contributed by atoms with E-state index in [9.17, 15) is 4.39 Å². The van der Waals surface area contributed by atoms with Gasteiger partial charge in [0.1, 0.15) is 6.17 Å². The van der Waals surface area contributed by atoms with Crippen molar-refractivity contribution in [3.63, 3.8) is 0 Å². The number of hydrogen-bond acceptors (Lipinski definition) is 3. The zero-order chi connectivity index (χ0) is 11.9. The Bertz CT molecular complexity index is 446. The summed E-state index contributed by atoms with van der Waals surface area (Å²) in [7, 11) is 0. The second-order valence-electron chi connectivity index (χ2n) is 5.22. The molecule has 0 spiro atoms. The molecule has 1 atom stereocenters. The minimum atomic E-state index is -0.915. The van der Waals surface area contributed by atoms with E-state index < -0.39 is 6.17 Å². The third-order valence-electron chi connectivity index (χ3n) is 3.80. The molecule has 1 unspecified atom stereocenters. The van der Waals surface area contributed by atoms with Gasteiger partial charge in [0.25, 0.3) is 0 Å². The number of allylic oxidation sites excluding steroid dienone is 1. The van der Waals surface area contributed by atoms with Crippen molar-refractivity contribution in [2.45, 2.75) is 37.8 Å². The monoisotopic (exact) mass is 236 g/mol. The molecule has 1 aromatic heterocycles. The summed E-state index contributed by atoms with van der Waals surface area (Å²) < 4.78 is 19.0. The summed E-state index contributed by atoms with van der Waals surface area (Å²) in [5.41, 5.74) is 0.775. The molecule has 17 heavy (non-hydrogen) atoms. The van der Waals surface area contributed by atoms with Gasteiger partial charge in [-0.2, -0.15) is 0 Å². The maximum absolute atomic E-state index is 13.2. The number of nitrogens with one attached hydrogen (secondary N) is 1. The maximum atomic E-state index is 13.2. The second kappa shape index (κ2) is 3.95. The van der Waals surface area contributed by atoms with E-state index in [2.05, 4.69) is 17.2 Å². The van der Waals surface area contributed by atoms with Gasteiger partial charge in [0.15, 0.2) is 5.76 Å². The number of piperidine rings is 1. The smallest absolute Gasteiger partial charge is 0.201 e. The molecule has 0 radical (unpaired) electrons. The zero-order valence-corrected chi connectivity index (χ0v) is 10.0. The zero-order valence-electron chi connectivity index (χ0n) is 10.0. The number of nitrogens with zero attached hydrogens (tertiary/aromatic N) is 1. The first-order chi connectivity index (χ1) is 8.17. The van der Waals surface area contributed by atoms with Gasteiger partial charge in [-0.1, -0.05) is 6.92 Å². The molecule has 2 heterocycles. The molecule has 1 fully saturated rings. The van der Waals surface area contributed by atoms with Gasteiger partial charge >= 0.3 is 0 Å². The Morgan fingerprint density at radius 1 is 1.47 bits per heavy atom. The molecular weight excluding hydrogens is 219 g/mol. The first kappa shape index (κ1) is 11.0. The highest BCUT2D eigenvalue weighted by Crippen LogP contribution is 2.34. The number of oxazole rings is 1. The number of hydrogen-bond donors (Lipinski definition) is 1. The molecule has 1 N–H and O–H groups in total. The summed E-state index contributed by atoms with van der Waals surface area (Å²) in [5.74, 6) is 1.52. The highest BCUT2D eigenvalue weighted by atomic mass is 19.1. The first-order valence-electron chi connectivity index (χ1n) is 6.21. The molecule has 3 rings (SSSR count). The van der Waals surface area contributed by atoms with E-state index in [4.69, 9.17) is 4.42 Å². The summed E-state index contributed by atoms with van der Waals surface area (Å²) in [6, 6.07) is 0. The topological polar surface area (TPSA) is 38.1 Å². The van der Waals surface area contributed by atoms with Gasteiger partial charge < -0.3 is 9.73 Å². The third-order valence-corrected chi connectivity index (χ3v) is 3.80. The summed E-state index contributed by atoms with van der Waals surface area (Å²) in [4.78, 5) is 4.51. The molecule has 3 nitrogen and oxygen atoms in total. The molecule has 1 aromatic rings. The van der Waals surface area contributed by atoms with Crippen LogP contribution in [-0.2, 0) is 11.8 Å². The standard InChI is InChI=1S/C13H17FN2O/c1-13(4-6-15-7-5-13)12-16-10-8-9(14)2-3-11(10)17-12/h2-3,9,15H,4-8H2,1H3. The lowest BCUT2D eigenvalue weighted by molar-refractivity contribution is 0.267. The van der Waals surface area contributed by atoms with Crippen LogP contribution >= 0.6 is 0 Å². The van der Waals surface area contributed by atoms with Crippen LogP contribution in [0.1, 0.15) is 37.1 Å². The largest absolute Gasteiger partial charge is 0.440 e. The van der Waals surface area contributed by atoms with Gasteiger partial charge in [-0.05, 0) is 38.1 Å². The second-order valence-corrected chi connectivity index (χ2v) is 5.22. The Morgan fingerprint density at radius 2 is 2.24 bits per heavy atom.